The van der Waals surface area contributed by atoms with Gasteiger partial charge in [0.05, 0.1) is 0 Å². The van der Waals surface area contributed by atoms with E-state index in [0.29, 0.717) is 0 Å². The van der Waals surface area contributed by atoms with Gasteiger partial charge in [-0.05, 0) is 135 Å². The Morgan fingerprint density at radius 1 is 0.345 bits per heavy atom. The van der Waals surface area contributed by atoms with E-state index in [4.69, 9.17) is 0 Å². The minimum atomic E-state index is -0.111. The smallest absolute Gasteiger partial charge is 0.0361 e. The molecule has 55 heavy (non-hydrogen) atoms. The topological polar surface area (TPSA) is 0 Å². The SMILES string of the molecule is CC1(C)c2ccccc2-c2cc(-c3c4ccccc4c(-c4ccc5c(c4)-c4cc6ccc7sc8ccccc8c7c6cc4C5(C)C)c4ccccc34)ccc21. The zero-order valence-electron chi connectivity index (χ0n) is 31.4. The van der Waals surface area contributed by atoms with E-state index in [2.05, 4.69) is 185 Å². The summed E-state index contributed by atoms with van der Waals surface area (Å²) in [4.78, 5) is 0. The molecule has 0 bridgehead atoms. The molecule has 0 atom stereocenters. The first kappa shape index (κ1) is 31.3. The Labute approximate surface area is 325 Å². The quantitative estimate of drug-likeness (QED) is 0.156. The lowest BCUT2D eigenvalue weighted by Gasteiger charge is -2.23. The largest absolute Gasteiger partial charge is 0.135 e. The average Bonchev–Trinajstić information content (AvgIpc) is 3.78. The van der Waals surface area contributed by atoms with Gasteiger partial charge in [0, 0.05) is 31.0 Å². The summed E-state index contributed by atoms with van der Waals surface area (Å²) >= 11 is 1.90. The van der Waals surface area contributed by atoms with Gasteiger partial charge in [0.2, 0.25) is 0 Å². The number of rotatable bonds is 2. The Bertz CT molecular complexity index is 3260. The standard InChI is InChI=1S/C54H38S/c1-53(2)44-19-11-9-13-34(44)41-28-32(21-24-45(41)53)50-35-14-5-7-16-37(35)51(38-17-8-6-15-36(38)50)33-22-25-46-42(29-33)43-27-31-23-26-49-52(39-18-10-12-20-48(39)55-49)40(31)30-47(43)54(46,3)4/h5-30H,1-4H3. The summed E-state index contributed by atoms with van der Waals surface area (Å²) in [6.45, 7) is 9.54. The number of benzene rings is 9. The molecule has 12 rings (SSSR count). The van der Waals surface area contributed by atoms with Crippen molar-refractivity contribution >= 4 is 63.8 Å². The second-order valence-electron chi connectivity index (χ2n) is 16.8. The van der Waals surface area contributed by atoms with Gasteiger partial charge in [0.25, 0.3) is 0 Å². The van der Waals surface area contributed by atoms with Gasteiger partial charge in [0.1, 0.15) is 0 Å². The summed E-state index contributed by atoms with van der Waals surface area (Å²) < 4.78 is 2.72. The number of thiophene rings is 1. The summed E-state index contributed by atoms with van der Waals surface area (Å²) in [6, 6.07) is 60.2. The van der Waals surface area contributed by atoms with Crippen molar-refractivity contribution in [2.24, 2.45) is 0 Å². The Morgan fingerprint density at radius 2 is 0.836 bits per heavy atom. The van der Waals surface area contributed by atoms with E-state index in [1.54, 1.807) is 0 Å². The van der Waals surface area contributed by atoms with Crippen LogP contribution in [0, 0.1) is 0 Å². The fourth-order valence-electron chi connectivity index (χ4n) is 10.6. The van der Waals surface area contributed by atoms with Crippen molar-refractivity contribution in [1.29, 1.82) is 0 Å². The Kier molecular flexibility index (Phi) is 6.16. The van der Waals surface area contributed by atoms with E-state index in [1.807, 2.05) is 11.3 Å². The normalized spacial score (nSPS) is 14.8. The van der Waals surface area contributed by atoms with E-state index < -0.39 is 0 Å². The molecule has 10 aromatic rings. The molecule has 0 unspecified atom stereocenters. The minimum Gasteiger partial charge on any atom is -0.135 e. The molecule has 0 saturated carbocycles. The molecule has 0 saturated heterocycles. The van der Waals surface area contributed by atoms with Gasteiger partial charge in [-0.2, -0.15) is 0 Å². The molecule has 1 aromatic heterocycles. The summed E-state index contributed by atoms with van der Waals surface area (Å²) in [7, 11) is 0. The second kappa shape index (κ2) is 10.8. The van der Waals surface area contributed by atoms with Gasteiger partial charge < -0.3 is 0 Å². The van der Waals surface area contributed by atoms with Crippen molar-refractivity contribution < 1.29 is 0 Å². The highest BCUT2D eigenvalue weighted by Gasteiger charge is 2.37. The minimum absolute atomic E-state index is 0.0178. The molecular weight excluding hydrogens is 681 g/mol. The van der Waals surface area contributed by atoms with Gasteiger partial charge in [-0.3, -0.25) is 0 Å². The number of fused-ring (bicyclic) bond motifs is 13. The van der Waals surface area contributed by atoms with Crippen LogP contribution in [0.2, 0.25) is 0 Å². The van der Waals surface area contributed by atoms with Crippen molar-refractivity contribution in [2.45, 2.75) is 38.5 Å². The predicted molar refractivity (Wildman–Crippen MR) is 238 cm³/mol. The van der Waals surface area contributed by atoms with Crippen LogP contribution in [0.4, 0.5) is 0 Å². The van der Waals surface area contributed by atoms with Gasteiger partial charge in [0.15, 0.2) is 0 Å². The lowest BCUT2D eigenvalue weighted by atomic mass is 9.80. The molecule has 260 valence electrons. The fourth-order valence-corrected chi connectivity index (χ4v) is 11.7. The Hall–Kier alpha value is -6.02. The molecule has 9 aromatic carbocycles. The van der Waals surface area contributed by atoms with Gasteiger partial charge >= 0.3 is 0 Å². The van der Waals surface area contributed by atoms with Crippen molar-refractivity contribution in [3.05, 3.63) is 180 Å². The number of hydrogen-bond donors (Lipinski definition) is 0. The molecule has 0 N–H and O–H groups in total. The zero-order chi connectivity index (χ0) is 36.8. The van der Waals surface area contributed by atoms with Crippen molar-refractivity contribution in [3.63, 3.8) is 0 Å². The summed E-state index contributed by atoms with van der Waals surface area (Å²) in [5, 5.41) is 10.6. The predicted octanol–water partition coefficient (Wildman–Crippen LogP) is 15.5. The average molecular weight is 719 g/mol. The molecule has 0 aliphatic heterocycles. The molecule has 2 aliphatic rings. The summed E-state index contributed by atoms with van der Waals surface area (Å²) in [5.74, 6) is 0. The van der Waals surface area contributed by atoms with E-state index in [1.165, 1.54) is 119 Å². The molecule has 0 nitrogen and oxygen atoms in total. The molecule has 2 aliphatic carbocycles. The molecule has 0 spiro atoms. The van der Waals surface area contributed by atoms with Crippen LogP contribution in [0.1, 0.15) is 49.9 Å². The van der Waals surface area contributed by atoms with Crippen LogP contribution in [0.3, 0.4) is 0 Å². The number of hydrogen-bond acceptors (Lipinski definition) is 1. The maximum atomic E-state index is 2.52. The molecule has 1 heteroatoms. The van der Waals surface area contributed by atoms with E-state index in [9.17, 15) is 0 Å². The summed E-state index contributed by atoms with van der Waals surface area (Å²) in [6.07, 6.45) is 0. The Morgan fingerprint density at radius 3 is 1.47 bits per heavy atom. The van der Waals surface area contributed by atoms with Crippen molar-refractivity contribution in [1.82, 2.24) is 0 Å². The van der Waals surface area contributed by atoms with Crippen molar-refractivity contribution in [3.8, 4) is 44.5 Å². The van der Waals surface area contributed by atoms with Crippen LogP contribution in [0.5, 0.6) is 0 Å². The lowest BCUT2D eigenvalue weighted by Crippen LogP contribution is -2.14. The van der Waals surface area contributed by atoms with Crippen LogP contribution >= 0.6 is 11.3 Å². The fraction of sp³-hybridized carbons (Fsp3) is 0.111. The molecule has 1 heterocycles. The third kappa shape index (κ3) is 4.12. The molecule has 0 fully saturated rings. The molecule has 0 amide bonds. The first-order chi connectivity index (χ1) is 26.8. The second-order valence-corrected chi connectivity index (χ2v) is 17.9. The van der Waals surface area contributed by atoms with Crippen LogP contribution < -0.4 is 0 Å². The van der Waals surface area contributed by atoms with E-state index >= 15 is 0 Å². The Balaban J connectivity index is 1.08. The third-order valence-corrected chi connectivity index (χ3v) is 14.4. The van der Waals surface area contributed by atoms with Gasteiger partial charge in [-0.15, -0.1) is 11.3 Å². The van der Waals surface area contributed by atoms with Crippen molar-refractivity contribution in [2.75, 3.05) is 0 Å². The maximum Gasteiger partial charge on any atom is 0.0361 e. The van der Waals surface area contributed by atoms with Crippen LogP contribution in [0.15, 0.2) is 158 Å². The van der Waals surface area contributed by atoms with Crippen LogP contribution in [-0.2, 0) is 10.8 Å². The first-order valence-corrected chi connectivity index (χ1v) is 20.3. The molecule has 0 radical (unpaired) electrons. The van der Waals surface area contributed by atoms with Crippen LogP contribution in [-0.4, -0.2) is 0 Å². The van der Waals surface area contributed by atoms with E-state index in [0.717, 1.165) is 0 Å². The lowest BCUT2D eigenvalue weighted by molar-refractivity contribution is 0.660. The van der Waals surface area contributed by atoms with Crippen LogP contribution in [0.25, 0.3) is 97.0 Å². The molecular formula is C54H38S. The first-order valence-electron chi connectivity index (χ1n) is 19.5. The highest BCUT2D eigenvalue weighted by molar-refractivity contribution is 7.26. The third-order valence-electron chi connectivity index (χ3n) is 13.2. The highest BCUT2D eigenvalue weighted by atomic mass is 32.1. The maximum absolute atomic E-state index is 2.52. The van der Waals surface area contributed by atoms with E-state index in [-0.39, 0.29) is 10.8 Å². The summed E-state index contributed by atoms with van der Waals surface area (Å²) in [5.41, 5.74) is 16.1. The zero-order valence-corrected chi connectivity index (χ0v) is 32.2. The monoisotopic (exact) mass is 718 g/mol. The highest BCUT2D eigenvalue weighted by Crippen LogP contribution is 2.54. The van der Waals surface area contributed by atoms with Gasteiger partial charge in [-0.1, -0.05) is 149 Å². The van der Waals surface area contributed by atoms with Gasteiger partial charge in [-0.25, -0.2) is 0 Å².